The Bertz CT molecular complexity index is 728. The van der Waals surface area contributed by atoms with E-state index in [4.69, 9.17) is 21.7 Å². The molecule has 6 atom stereocenters. The van der Waals surface area contributed by atoms with Crippen LogP contribution >= 0.6 is 0 Å². The number of aliphatic carboxylic acids is 2. The first-order valence-corrected chi connectivity index (χ1v) is 9.78. The molecule has 14 nitrogen and oxygen atoms in total. The zero-order chi connectivity index (χ0) is 25.2. The van der Waals surface area contributed by atoms with Crippen molar-refractivity contribution < 1.29 is 44.1 Å². The average molecular weight is 461 g/mol. The van der Waals surface area contributed by atoms with E-state index in [9.17, 15) is 33.9 Å². The van der Waals surface area contributed by atoms with Gasteiger partial charge in [-0.15, -0.1) is 0 Å². The number of rotatable bonds is 14. The average Bonchev–Trinajstić information content (AvgIpc) is 2.66. The van der Waals surface area contributed by atoms with E-state index in [-0.39, 0.29) is 0 Å². The van der Waals surface area contributed by atoms with Gasteiger partial charge in [-0.25, -0.2) is 4.79 Å². The molecule has 0 fully saturated rings. The van der Waals surface area contributed by atoms with Crippen LogP contribution in [-0.2, 0) is 28.8 Å². The Kier molecular flexibility index (Phi) is 11.9. The fourth-order valence-electron chi connectivity index (χ4n) is 2.56. The molecule has 0 saturated heterocycles. The van der Waals surface area contributed by atoms with Crippen molar-refractivity contribution in [1.82, 2.24) is 16.0 Å². The Balaban J connectivity index is 5.59. The summed E-state index contributed by atoms with van der Waals surface area (Å²) in [5.74, 6) is -7.25. The number of nitrogens with one attached hydrogen (secondary N) is 3. The number of amides is 4. The summed E-state index contributed by atoms with van der Waals surface area (Å²) in [5.41, 5.74) is 10.6. The third kappa shape index (κ3) is 9.70. The van der Waals surface area contributed by atoms with Gasteiger partial charge in [-0.1, -0.05) is 20.3 Å². The van der Waals surface area contributed by atoms with E-state index in [2.05, 4.69) is 10.6 Å². The lowest BCUT2D eigenvalue weighted by Gasteiger charge is -2.27. The van der Waals surface area contributed by atoms with E-state index in [1.807, 2.05) is 5.32 Å². The molecule has 14 heteroatoms. The molecule has 0 rings (SSSR count). The van der Waals surface area contributed by atoms with Gasteiger partial charge in [0.15, 0.2) is 6.04 Å². The summed E-state index contributed by atoms with van der Waals surface area (Å²) in [6, 6.07) is -5.99. The number of nitrogens with two attached hydrogens (primary N) is 2. The highest BCUT2D eigenvalue weighted by molar-refractivity contribution is 5.96. The highest BCUT2D eigenvalue weighted by atomic mass is 16.4. The molecule has 0 heterocycles. The van der Waals surface area contributed by atoms with Crippen LogP contribution in [0.2, 0.25) is 0 Å². The monoisotopic (exact) mass is 461 g/mol. The Morgan fingerprint density at radius 1 is 0.844 bits per heavy atom. The zero-order valence-electron chi connectivity index (χ0n) is 18.0. The largest absolute Gasteiger partial charge is 0.481 e. The van der Waals surface area contributed by atoms with Gasteiger partial charge in [0.2, 0.25) is 23.6 Å². The SMILES string of the molecule is CCC(C)C(NC(=O)C(N)CC(=O)O)C(=O)NC(CC(N)=O)C(=O)NC(C(=O)O)C(C)O. The maximum Gasteiger partial charge on any atom is 0.328 e. The number of carbonyl (C=O) groups is 6. The van der Waals surface area contributed by atoms with Crippen molar-refractivity contribution in [3.63, 3.8) is 0 Å². The molecule has 0 aliphatic carbocycles. The van der Waals surface area contributed by atoms with Crippen molar-refractivity contribution in [1.29, 1.82) is 0 Å². The predicted octanol–water partition coefficient (Wildman–Crippen LogP) is -3.37. The molecular formula is C18H31N5O9. The third-order valence-corrected chi connectivity index (χ3v) is 4.61. The van der Waals surface area contributed by atoms with E-state index in [0.29, 0.717) is 6.42 Å². The highest BCUT2D eigenvalue weighted by Gasteiger charge is 2.34. The summed E-state index contributed by atoms with van der Waals surface area (Å²) in [4.78, 5) is 70.7. The number of hydrogen-bond acceptors (Lipinski definition) is 8. The van der Waals surface area contributed by atoms with Crippen molar-refractivity contribution in [2.24, 2.45) is 17.4 Å². The molecule has 0 radical (unpaired) electrons. The molecule has 0 saturated carbocycles. The van der Waals surface area contributed by atoms with E-state index in [1.165, 1.54) is 0 Å². The number of carboxylic acids is 2. The Labute approximate surface area is 184 Å². The van der Waals surface area contributed by atoms with Gasteiger partial charge in [-0.2, -0.15) is 0 Å². The van der Waals surface area contributed by atoms with Crippen LogP contribution in [0.1, 0.15) is 40.0 Å². The smallest absolute Gasteiger partial charge is 0.328 e. The van der Waals surface area contributed by atoms with Crippen LogP contribution < -0.4 is 27.4 Å². The van der Waals surface area contributed by atoms with Gasteiger partial charge in [0.1, 0.15) is 12.1 Å². The van der Waals surface area contributed by atoms with Crippen molar-refractivity contribution >= 4 is 35.6 Å². The molecule has 4 amide bonds. The molecule has 0 aliphatic heterocycles. The quantitative estimate of drug-likeness (QED) is 0.127. The van der Waals surface area contributed by atoms with E-state index >= 15 is 0 Å². The lowest BCUT2D eigenvalue weighted by molar-refractivity contribution is -0.145. The van der Waals surface area contributed by atoms with Crippen LogP contribution in [0, 0.1) is 5.92 Å². The van der Waals surface area contributed by atoms with Gasteiger partial charge in [0.25, 0.3) is 0 Å². The Morgan fingerprint density at radius 3 is 1.78 bits per heavy atom. The number of aliphatic hydroxyl groups excluding tert-OH is 1. The number of primary amides is 1. The number of carboxylic acid groups (broad SMARTS) is 2. The minimum atomic E-state index is -1.71. The molecule has 0 aromatic rings. The lowest BCUT2D eigenvalue weighted by Crippen LogP contribution is -2.60. The zero-order valence-corrected chi connectivity index (χ0v) is 18.0. The molecule has 0 aromatic carbocycles. The Hall–Kier alpha value is -3.26. The second-order valence-corrected chi connectivity index (χ2v) is 7.37. The third-order valence-electron chi connectivity index (χ3n) is 4.61. The highest BCUT2D eigenvalue weighted by Crippen LogP contribution is 2.10. The maximum atomic E-state index is 12.8. The fourth-order valence-corrected chi connectivity index (χ4v) is 2.56. The summed E-state index contributed by atoms with van der Waals surface area (Å²) >= 11 is 0. The van der Waals surface area contributed by atoms with Crippen LogP contribution in [-0.4, -0.2) is 81.2 Å². The summed E-state index contributed by atoms with van der Waals surface area (Å²) in [6.07, 6.45) is -2.46. The summed E-state index contributed by atoms with van der Waals surface area (Å²) in [7, 11) is 0. The second-order valence-electron chi connectivity index (χ2n) is 7.37. The molecular weight excluding hydrogens is 430 g/mol. The minimum Gasteiger partial charge on any atom is -0.481 e. The molecule has 10 N–H and O–H groups in total. The second kappa shape index (κ2) is 13.2. The topological polar surface area (TPSA) is 251 Å². The molecule has 182 valence electrons. The summed E-state index contributed by atoms with van der Waals surface area (Å²) < 4.78 is 0. The van der Waals surface area contributed by atoms with E-state index in [1.54, 1.807) is 13.8 Å². The van der Waals surface area contributed by atoms with Crippen molar-refractivity contribution in [2.45, 2.75) is 70.3 Å². The van der Waals surface area contributed by atoms with Crippen LogP contribution in [0.3, 0.4) is 0 Å². The summed E-state index contributed by atoms with van der Waals surface area (Å²) in [6.45, 7) is 4.43. The first-order valence-electron chi connectivity index (χ1n) is 9.78. The van der Waals surface area contributed by atoms with Crippen molar-refractivity contribution in [2.75, 3.05) is 0 Å². The normalized spacial score (nSPS) is 16.4. The number of hydrogen-bond donors (Lipinski definition) is 8. The van der Waals surface area contributed by atoms with Gasteiger partial charge >= 0.3 is 11.9 Å². The van der Waals surface area contributed by atoms with Gasteiger partial charge < -0.3 is 42.7 Å². The van der Waals surface area contributed by atoms with Crippen molar-refractivity contribution in [3.8, 4) is 0 Å². The van der Waals surface area contributed by atoms with Gasteiger partial charge in [-0.3, -0.25) is 24.0 Å². The molecule has 0 aromatic heterocycles. The number of aliphatic hydroxyl groups is 1. The van der Waals surface area contributed by atoms with Crippen LogP contribution in [0.25, 0.3) is 0 Å². The molecule has 0 aliphatic rings. The Morgan fingerprint density at radius 2 is 1.38 bits per heavy atom. The molecule has 0 spiro atoms. The number of carbonyl (C=O) groups excluding carboxylic acids is 4. The van der Waals surface area contributed by atoms with Crippen LogP contribution in [0.5, 0.6) is 0 Å². The standard InChI is InChI=1S/C18H31N5O9/c1-4-7(2)13(22-15(28)9(19)5-12(26)27)17(30)21-10(6-11(20)25)16(29)23-14(8(3)24)18(31)32/h7-10,13-14,24H,4-6,19H2,1-3H3,(H2,20,25)(H,21,30)(H,22,28)(H,23,29)(H,26,27)(H,31,32). The van der Waals surface area contributed by atoms with Crippen LogP contribution in [0.4, 0.5) is 0 Å². The van der Waals surface area contributed by atoms with E-state index in [0.717, 1.165) is 6.92 Å². The predicted molar refractivity (Wildman–Crippen MR) is 109 cm³/mol. The van der Waals surface area contributed by atoms with Gasteiger partial charge in [0, 0.05) is 0 Å². The van der Waals surface area contributed by atoms with Crippen molar-refractivity contribution in [3.05, 3.63) is 0 Å². The molecule has 32 heavy (non-hydrogen) atoms. The first-order chi connectivity index (χ1) is 14.7. The lowest BCUT2D eigenvalue weighted by atomic mass is 9.97. The van der Waals surface area contributed by atoms with Gasteiger partial charge in [0.05, 0.1) is 25.0 Å². The summed E-state index contributed by atoms with van der Waals surface area (Å²) in [5, 5.41) is 33.9. The van der Waals surface area contributed by atoms with Crippen LogP contribution in [0.15, 0.2) is 0 Å². The van der Waals surface area contributed by atoms with Gasteiger partial charge in [-0.05, 0) is 12.8 Å². The van der Waals surface area contributed by atoms with E-state index < -0.39 is 84.6 Å². The molecule has 0 bridgehead atoms. The fraction of sp³-hybridized carbons (Fsp3) is 0.667. The minimum absolute atomic E-state index is 0.391. The maximum absolute atomic E-state index is 12.8. The first kappa shape index (κ1) is 28.7. The molecule has 6 unspecified atom stereocenters.